The molecule has 1 aliphatic carbocycles. The van der Waals surface area contributed by atoms with Crippen LogP contribution in [-0.4, -0.2) is 42.0 Å². The maximum atomic E-state index is 11.5. The number of carbonyl (C=O) groups is 1. The van der Waals surface area contributed by atoms with Crippen LogP contribution < -0.4 is 10.6 Å². The molecule has 18 heavy (non-hydrogen) atoms. The smallest absolute Gasteiger partial charge is 0.407 e. The summed E-state index contributed by atoms with van der Waals surface area (Å²) < 4.78 is 5.16. The summed E-state index contributed by atoms with van der Waals surface area (Å²) in [5, 5.41) is 16.5. The number of aliphatic hydroxyl groups is 1. The molecule has 2 aliphatic rings. The highest BCUT2D eigenvalue weighted by Crippen LogP contribution is 2.40. The third-order valence-electron chi connectivity index (χ3n) is 3.72. The fourth-order valence-electron chi connectivity index (χ4n) is 3.02. The third-order valence-corrected chi connectivity index (χ3v) is 3.72. The minimum atomic E-state index is -0.756. The Balaban J connectivity index is 1.78. The molecule has 1 heterocycles. The van der Waals surface area contributed by atoms with Crippen LogP contribution >= 0.6 is 0 Å². The number of ether oxygens (including phenoxy) is 1. The van der Waals surface area contributed by atoms with E-state index in [1.165, 1.54) is 0 Å². The highest BCUT2D eigenvalue weighted by molar-refractivity contribution is 5.67. The van der Waals surface area contributed by atoms with Crippen LogP contribution in [0.4, 0.5) is 4.79 Å². The van der Waals surface area contributed by atoms with Crippen molar-refractivity contribution in [3.8, 4) is 0 Å². The molecule has 2 rings (SSSR count). The SMILES string of the molecule is CC(C)(C)OC(=O)NCC1(O)C[C@H]2CNC[C@H]2C1. The molecule has 3 N–H and O–H groups in total. The first-order chi connectivity index (χ1) is 8.27. The number of nitrogens with one attached hydrogen (secondary N) is 2. The monoisotopic (exact) mass is 256 g/mol. The van der Waals surface area contributed by atoms with Gasteiger partial charge < -0.3 is 20.5 Å². The zero-order chi connectivity index (χ0) is 13.4. The fourth-order valence-corrected chi connectivity index (χ4v) is 3.02. The molecule has 0 bridgehead atoms. The molecule has 5 heteroatoms. The molecule has 1 amide bonds. The second kappa shape index (κ2) is 4.70. The van der Waals surface area contributed by atoms with E-state index in [-0.39, 0.29) is 6.54 Å². The topological polar surface area (TPSA) is 70.6 Å². The van der Waals surface area contributed by atoms with E-state index in [0.29, 0.717) is 11.8 Å². The third kappa shape index (κ3) is 3.36. The summed E-state index contributed by atoms with van der Waals surface area (Å²) in [6.45, 7) is 7.74. The summed E-state index contributed by atoms with van der Waals surface area (Å²) in [4.78, 5) is 11.5. The predicted molar refractivity (Wildman–Crippen MR) is 68.3 cm³/mol. The van der Waals surface area contributed by atoms with Gasteiger partial charge >= 0.3 is 6.09 Å². The lowest BCUT2D eigenvalue weighted by molar-refractivity contribution is 0.0234. The summed E-state index contributed by atoms with van der Waals surface area (Å²) >= 11 is 0. The summed E-state index contributed by atoms with van der Waals surface area (Å²) in [6.07, 6.45) is 1.08. The van der Waals surface area contributed by atoms with Gasteiger partial charge in [0.1, 0.15) is 5.60 Å². The van der Waals surface area contributed by atoms with Gasteiger partial charge in [-0.25, -0.2) is 4.79 Å². The highest BCUT2D eigenvalue weighted by atomic mass is 16.6. The van der Waals surface area contributed by atoms with Crippen LogP contribution in [-0.2, 0) is 4.74 Å². The van der Waals surface area contributed by atoms with Crippen LogP contribution in [0.5, 0.6) is 0 Å². The zero-order valence-electron chi connectivity index (χ0n) is 11.5. The molecular formula is C13H24N2O3. The maximum absolute atomic E-state index is 11.5. The molecule has 2 fully saturated rings. The predicted octanol–water partition coefficient (Wildman–Crippen LogP) is 0.872. The Morgan fingerprint density at radius 2 is 1.94 bits per heavy atom. The van der Waals surface area contributed by atoms with Crippen LogP contribution in [0.1, 0.15) is 33.6 Å². The van der Waals surface area contributed by atoms with Gasteiger partial charge in [-0.05, 0) is 58.5 Å². The van der Waals surface area contributed by atoms with E-state index in [4.69, 9.17) is 4.74 Å². The summed E-state index contributed by atoms with van der Waals surface area (Å²) in [5.41, 5.74) is -1.25. The van der Waals surface area contributed by atoms with E-state index >= 15 is 0 Å². The van der Waals surface area contributed by atoms with E-state index < -0.39 is 17.3 Å². The van der Waals surface area contributed by atoms with Gasteiger partial charge in [-0.3, -0.25) is 0 Å². The van der Waals surface area contributed by atoms with Crippen molar-refractivity contribution in [2.45, 2.75) is 44.8 Å². The Hall–Kier alpha value is -0.810. The molecule has 5 nitrogen and oxygen atoms in total. The Morgan fingerprint density at radius 3 is 2.44 bits per heavy atom. The lowest BCUT2D eigenvalue weighted by atomic mass is 10.0. The van der Waals surface area contributed by atoms with Gasteiger partial charge in [0.2, 0.25) is 0 Å². The first-order valence-corrected chi connectivity index (χ1v) is 6.67. The molecule has 1 unspecified atom stereocenters. The molecule has 0 aromatic carbocycles. The van der Waals surface area contributed by atoms with Gasteiger partial charge in [0.25, 0.3) is 0 Å². The maximum Gasteiger partial charge on any atom is 0.407 e. The molecule has 0 radical (unpaired) electrons. The number of hydrogen-bond acceptors (Lipinski definition) is 4. The van der Waals surface area contributed by atoms with Crippen LogP contribution in [0.2, 0.25) is 0 Å². The average molecular weight is 256 g/mol. The highest BCUT2D eigenvalue weighted by Gasteiger charge is 2.46. The molecule has 3 atom stereocenters. The summed E-state index contributed by atoms with van der Waals surface area (Å²) in [7, 11) is 0. The first kappa shape index (κ1) is 13.6. The molecule has 0 aromatic heterocycles. The average Bonchev–Trinajstić information content (AvgIpc) is 2.70. The van der Waals surface area contributed by atoms with E-state index in [2.05, 4.69) is 10.6 Å². The molecule has 104 valence electrons. The molecule has 0 spiro atoms. The van der Waals surface area contributed by atoms with Gasteiger partial charge in [0.15, 0.2) is 0 Å². The number of amides is 1. The Labute approximate surface area is 108 Å². The Bertz CT molecular complexity index is 313. The molecule has 0 aromatic rings. The van der Waals surface area contributed by atoms with Crippen LogP contribution in [0.3, 0.4) is 0 Å². The van der Waals surface area contributed by atoms with Gasteiger partial charge in [0, 0.05) is 6.54 Å². The van der Waals surface area contributed by atoms with E-state index in [1.807, 2.05) is 20.8 Å². The van der Waals surface area contributed by atoms with Crippen molar-refractivity contribution in [3.05, 3.63) is 0 Å². The normalized spacial score (nSPS) is 35.3. The Morgan fingerprint density at radius 1 is 1.39 bits per heavy atom. The standard InChI is InChI=1S/C13H24N2O3/c1-12(2,3)18-11(16)15-8-13(17)4-9-6-14-7-10(9)5-13/h9-10,14,17H,4-8H2,1-3H3,(H,15,16)/t9-,10+,13?. The number of hydrogen-bond donors (Lipinski definition) is 3. The molecule has 1 saturated heterocycles. The number of carbonyl (C=O) groups excluding carboxylic acids is 1. The zero-order valence-corrected chi connectivity index (χ0v) is 11.5. The van der Waals surface area contributed by atoms with Crippen molar-refractivity contribution in [1.29, 1.82) is 0 Å². The van der Waals surface area contributed by atoms with E-state index in [9.17, 15) is 9.90 Å². The van der Waals surface area contributed by atoms with Gasteiger partial charge in [0.05, 0.1) is 5.60 Å². The van der Waals surface area contributed by atoms with Crippen molar-refractivity contribution in [3.63, 3.8) is 0 Å². The number of alkyl carbamates (subject to hydrolysis) is 1. The van der Waals surface area contributed by atoms with Crippen LogP contribution in [0, 0.1) is 11.8 Å². The van der Waals surface area contributed by atoms with E-state index in [1.54, 1.807) is 0 Å². The number of fused-ring (bicyclic) bond motifs is 1. The van der Waals surface area contributed by atoms with Crippen molar-refractivity contribution in [2.24, 2.45) is 11.8 Å². The minimum absolute atomic E-state index is 0.287. The van der Waals surface area contributed by atoms with E-state index in [0.717, 1.165) is 25.9 Å². The van der Waals surface area contributed by atoms with Crippen molar-refractivity contribution >= 4 is 6.09 Å². The second-order valence-electron chi connectivity index (χ2n) is 6.67. The largest absolute Gasteiger partial charge is 0.444 e. The minimum Gasteiger partial charge on any atom is -0.444 e. The van der Waals surface area contributed by atoms with Crippen LogP contribution in [0.15, 0.2) is 0 Å². The lowest BCUT2D eigenvalue weighted by Gasteiger charge is -2.26. The summed E-state index contributed by atoms with van der Waals surface area (Å²) in [6, 6.07) is 0. The quantitative estimate of drug-likeness (QED) is 0.685. The first-order valence-electron chi connectivity index (χ1n) is 6.67. The second-order valence-corrected chi connectivity index (χ2v) is 6.67. The lowest BCUT2D eigenvalue weighted by Crippen LogP contribution is -2.43. The van der Waals surface area contributed by atoms with Gasteiger partial charge in [-0.2, -0.15) is 0 Å². The fraction of sp³-hybridized carbons (Fsp3) is 0.923. The van der Waals surface area contributed by atoms with Gasteiger partial charge in [-0.15, -0.1) is 0 Å². The molecule has 1 aliphatic heterocycles. The Kier molecular flexibility index (Phi) is 3.56. The van der Waals surface area contributed by atoms with Crippen LogP contribution in [0.25, 0.3) is 0 Å². The number of rotatable bonds is 2. The van der Waals surface area contributed by atoms with Crippen molar-refractivity contribution < 1.29 is 14.6 Å². The van der Waals surface area contributed by atoms with Crippen molar-refractivity contribution in [1.82, 2.24) is 10.6 Å². The van der Waals surface area contributed by atoms with Gasteiger partial charge in [-0.1, -0.05) is 0 Å². The summed E-state index contributed by atoms with van der Waals surface area (Å²) in [5.74, 6) is 1.10. The molecule has 1 saturated carbocycles. The molecular weight excluding hydrogens is 232 g/mol. The van der Waals surface area contributed by atoms with Crippen molar-refractivity contribution in [2.75, 3.05) is 19.6 Å².